The fraction of sp³-hybridized carbons (Fsp3) is 0.0833. The molecule has 18 heavy (non-hydrogen) atoms. The molecule has 2 N–H and O–H groups in total. The maximum atomic E-state index is 11.9. The Morgan fingerprint density at radius 3 is 2.94 bits per heavy atom. The number of carbonyl (C=O) groups is 1. The third-order valence-corrected chi connectivity index (χ3v) is 2.89. The predicted molar refractivity (Wildman–Crippen MR) is 69.1 cm³/mol. The zero-order valence-corrected chi connectivity index (χ0v) is 10.2. The molecule has 0 unspecified atom stereocenters. The Hall–Kier alpha value is -2.14. The third-order valence-electron chi connectivity index (χ3n) is 2.65. The van der Waals surface area contributed by atoms with Gasteiger partial charge in [-0.1, -0.05) is 11.6 Å². The first kappa shape index (κ1) is 11.0. The topological polar surface area (TPSA) is 70.7 Å². The number of halogens is 1. The summed E-state index contributed by atoms with van der Waals surface area (Å²) in [5.41, 5.74) is 2.05. The minimum absolute atomic E-state index is 0.172. The van der Waals surface area contributed by atoms with Crippen molar-refractivity contribution in [1.82, 2.24) is 15.2 Å². The minimum Gasteiger partial charge on any atom is -0.321 e. The first-order valence-electron chi connectivity index (χ1n) is 5.35. The van der Waals surface area contributed by atoms with Gasteiger partial charge in [-0.25, -0.2) is 4.98 Å². The molecule has 0 bridgehead atoms. The zero-order valence-electron chi connectivity index (χ0n) is 9.49. The van der Waals surface area contributed by atoms with Gasteiger partial charge in [0.25, 0.3) is 5.91 Å². The number of carbonyl (C=O) groups excluding carboxylic acids is 1. The molecule has 90 valence electrons. The van der Waals surface area contributed by atoms with Crippen LogP contribution in [0.25, 0.3) is 11.6 Å². The van der Waals surface area contributed by atoms with Crippen molar-refractivity contribution in [1.29, 1.82) is 0 Å². The van der Waals surface area contributed by atoms with E-state index in [2.05, 4.69) is 20.5 Å². The van der Waals surface area contributed by atoms with Crippen LogP contribution in [0.5, 0.6) is 0 Å². The number of H-pyrrole nitrogens is 1. The van der Waals surface area contributed by atoms with Crippen LogP contribution >= 0.6 is 11.6 Å². The number of hydrogen-bond donors (Lipinski definition) is 2. The predicted octanol–water partition coefficient (Wildman–Crippen LogP) is 2.26. The van der Waals surface area contributed by atoms with Gasteiger partial charge in [0.05, 0.1) is 5.57 Å². The van der Waals surface area contributed by atoms with Crippen LogP contribution in [0.15, 0.2) is 18.2 Å². The van der Waals surface area contributed by atoms with E-state index in [1.54, 1.807) is 31.2 Å². The Balaban J connectivity index is 2.11. The van der Waals surface area contributed by atoms with Gasteiger partial charge in [0.1, 0.15) is 5.82 Å². The lowest BCUT2D eigenvalue weighted by molar-refractivity contribution is -0.110. The second-order valence-corrected chi connectivity index (χ2v) is 4.42. The SMILES string of the molecule is Cc1nc(C=C2C(=O)Nc3ccc(Cl)cc32)n[nH]1. The Labute approximate surface area is 108 Å². The molecule has 0 aliphatic carbocycles. The van der Waals surface area contributed by atoms with E-state index in [0.717, 1.165) is 11.3 Å². The van der Waals surface area contributed by atoms with Crippen LogP contribution in [0.3, 0.4) is 0 Å². The zero-order chi connectivity index (χ0) is 12.7. The van der Waals surface area contributed by atoms with Gasteiger partial charge in [-0.05, 0) is 31.2 Å². The highest BCUT2D eigenvalue weighted by molar-refractivity contribution is 6.36. The summed E-state index contributed by atoms with van der Waals surface area (Å²) in [5.74, 6) is 1.01. The van der Waals surface area contributed by atoms with Crippen LogP contribution in [0.2, 0.25) is 5.02 Å². The number of aromatic nitrogens is 3. The molecule has 3 rings (SSSR count). The van der Waals surface area contributed by atoms with E-state index in [1.165, 1.54) is 0 Å². The number of amides is 1. The largest absolute Gasteiger partial charge is 0.321 e. The summed E-state index contributed by atoms with van der Waals surface area (Å²) in [4.78, 5) is 16.0. The van der Waals surface area contributed by atoms with Crippen LogP contribution in [0, 0.1) is 6.92 Å². The number of hydrogen-bond acceptors (Lipinski definition) is 3. The molecule has 0 fully saturated rings. The average molecular weight is 261 g/mol. The average Bonchev–Trinajstić information content (AvgIpc) is 2.86. The molecule has 1 aromatic carbocycles. The molecule has 0 spiro atoms. The number of aryl methyl sites for hydroxylation is 1. The van der Waals surface area contributed by atoms with E-state index >= 15 is 0 Å². The maximum absolute atomic E-state index is 11.9. The third kappa shape index (κ3) is 1.78. The standard InChI is InChI=1S/C12H9ClN4O/c1-6-14-11(17-16-6)5-9-8-4-7(13)2-3-10(8)15-12(9)18/h2-5H,1H3,(H,15,18)(H,14,16,17). The van der Waals surface area contributed by atoms with Gasteiger partial charge in [-0.3, -0.25) is 9.89 Å². The molecule has 0 saturated heterocycles. The van der Waals surface area contributed by atoms with Crippen molar-refractivity contribution in [2.75, 3.05) is 5.32 Å². The van der Waals surface area contributed by atoms with Crippen LogP contribution in [-0.4, -0.2) is 21.1 Å². The van der Waals surface area contributed by atoms with Crippen LogP contribution < -0.4 is 5.32 Å². The molecule has 1 aliphatic heterocycles. The van der Waals surface area contributed by atoms with E-state index in [1.807, 2.05) is 0 Å². The Morgan fingerprint density at radius 1 is 1.39 bits per heavy atom. The van der Waals surface area contributed by atoms with Crippen molar-refractivity contribution in [3.63, 3.8) is 0 Å². The molecule has 1 aromatic heterocycles. The fourth-order valence-electron chi connectivity index (χ4n) is 1.86. The van der Waals surface area contributed by atoms with Gasteiger partial charge >= 0.3 is 0 Å². The highest BCUT2D eigenvalue weighted by Gasteiger charge is 2.24. The van der Waals surface area contributed by atoms with Gasteiger partial charge in [0.2, 0.25) is 0 Å². The van der Waals surface area contributed by atoms with E-state index in [0.29, 0.717) is 22.2 Å². The van der Waals surface area contributed by atoms with Gasteiger partial charge in [0.15, 0.2) is 5.82 Å². The number of benzene rings is 1. The van der Waals surface area contributed by atoms with E-state index in [9.17, 15) is 4.79 Å². The fourth-order valence-corrected chi connectivity index (χ4v) is 2.03. The molecule has 0 radical (unpaired) electrons. The van der Waals surface area contributed by atoms with Crippen LogP contribution in [-0.2, 0) is 4.79 Å². The smallest absolute Gasteiger partial charge is 0.256 e. The lowest BCUT2D eigenvalue weighted by Gasteiger charge is -1.97. The maximum Gasteiger partial charge on any atom is 0.256 e. The molecule has 0 saturated carbocycles. The van der Waals surface area contributed by atoms with Gasteiger partial charge in [-0.2, -0.15) is 5.10 Å². The monoisotopic (exact) mass is 260 g/mol. The second-order valence-electron chi connectivity index (χ2n) is 3.98. The normalized spacial score (nSPS) is 15.9. The van der Waals surface area contributed by atoms with Crippen molar-refractivity contribution in [2.24, 2.45) is 0 Å². The van der Waals surface area contributed by atoms with E-state index < -0.39 is 0 Å². The highest BCUT2D eigenvalue weighted by Crippen LogP contribution is 2.34. The van der Waals surface area contributed by atoms with E-state index in [-0.39, 0.29) is 5.91 Å². The van der Waals surface area contributed by atoms with Crippen LogP contribution in [0.1, 0.15) is 17.2 Å². The number of rotatable bonds is 1. The van der Waals surface area contributed by atoms with Crippen molar-refractivity contribution in [3.05, 3.63) is 40.4 Å². The Kier molecular flexibility index (Phi) is 2.41. The molecular weight excluding hydrogens is 252 g/mol. The number of aromatic amines is 1. The molecule has 1 amide bonds. The molecule has 2 heterocycles. The molecule has 0 atom stereocenters. The van der Waals surface area contributed by atoms with E-state index in [4.69, 9.17) is 11.6 Å². The van der Waals surface area contributed by atoms with Gasteiger partial charge < -0.3 is 5.32 Å². The molecular formula is C12H9ClN4O. The number of nitrogens with zero attached hydrogens (tertiary/aromatic N) is 2. The summed E-state index contributed by atoms with van der Waals surface area (Å²) in [7, 11) is 0. The lowest BCUT2D eigenvalue weighted by Crippen LogP contribution is -2.03. The van der Waals surface area contributed by atoms with Crippen molar-refractivity contribution in [3.8, 4) is 0 Å². The Bertz CT molecular complexity index is 674. The molecule has 6 heteroatoms. The number of nitrogens with one attached hydrogen (secondary N) is 2. The summed E-state index contributed by atoms with van der Waals surface area (Å²) in [6, 6.07) is 5.26. The summed E-state index contributed by atoms with van der Waals surface area (Å²) in [5, 5.41) is 10.1. The quantitative estimate of drug-likeness (QED) is 0.773. The number of anilines is 1. The van der Waals surface area contributed by atoms with Gasteiger partial charge in [-0.15, -0.1) is 0 Å². The lowest BCUT2D eigenvalue weighted by atomic mass is 10.1. The molecule has 5 nitrogen and oxygen atoms in total. The Morgan fingerprint density at radius 2 is 2.22 bits per heavy atom. The number of fused-ring (bicyclic) bond motifs is 1. The van der Waals surface area contributed by atoms with Crippen molar-refractivity contribution >= 4 is 34.8 Å². The summed E-state index contributed by atoms with van der Waals surface area (Å²) in [6.07, 6.45) is 1.64. The minimum atomic E-state index is -0.172. The summed E-state index contributed by atoms with van der Waals surface area (Å²) < 4.78 is 0. The van der Waals surface area contributed by atoms with Crippen molar-refractivity contribution in [2.45, 2.75) is 6.92 Å². The molecule has 2 aromatic rings. The highest BCUT2D eigenvalue weighted by atomic mass is 35.5. The molecule has 1 aliphatic rings. The summed E-state index contributed by atoms with van der Waals surface area (Å²) in [6.45, 7) is 1.80. The van der Waals surface area contributed by atoms with Gasteiger partial charge in [0, 0.05) is 16.3 Å². The van der Waals surface area contributed by atoms with Crippen LogP contribution in [0.4, 0.5) is 5.69 Å². The first-order valence-corrected chi connectivity index (χ1v) is 5.73. The second kappa shape index (κ2) is 3.96. The summed E-state index contributed by atoms with van der Waals surface area (Å²) >= 11 is 5.94. The first-order chi connectivity index (χ1) is 8.63. The van der Waals surface area contributed by atoms with Crippen molar-refractivity contribution < 1.29 is 4.79 Å².